The molecule has 0 amide bonds. The zero-order valence-corrected chi connectivity index (χ0v) is 17.9. The second-order valence-corrected chi connectivity index (χ2v) is 8.26. The lowest BCUT2D eigenvalue weighted by atomic mass is 10.1. The highest BCUT2D eigenvalue weighted by Crippen LogP contribution is 2.36. The Bertz CT molecular complexity index is 845. The number of ether oxygens (including phenoxy) is 2. The van der Waals surface area contributed by atoms with Crippen LogP contribution in [0.3, 0.4) is 0 Å². The van der Waals surface area contributed by atoms with Crippen LogP contribution < -0.4 is 9.64 Å². The molecule has 6 nitrogen and oxygen atoms in total. The standard InChI is InChI=1S/C19H23BrClFN4O2/c20-15-14(21)12-13-17(16(15)22)23-19(24-18(13)26-4-2-1-3-5-26)28-11-8-25-6-9-27-10-7-25/h12H,1-11H2. The van der Waals surface area contributed by atoms with Gasteiger partial charge in [-0.15, -0.1) is 0 Å². The monoisotopic (exact) mass is 472 g/mol. The molecule has 3 heterocycles. The number of anilines is 1. The minimum Gasteiger partial charge on any atom is -0.462 e. The predicted molar refractivity (Wildman–Crippen MR) is 111 cm³/mol. The second kappa shape index (κ2) is 9.07. The molecule has 28 heavy (non-hydrogen) atoms. The largest absolute Gasteiger partial charge is 0.462 e. The van der Waals surface area contributed by atoms with Crippen LogP contribution in [0.1, 0.15) is 19.3 Å². The number of fused-ring (bicyclic) bond motifs is 1. The first-order chi connectivity index (χ1) is 13.6. The van der Waals surface area contributed by atoms with Crippen molar-refractivity contribution in [2.45, 2.75) is 19.3 Å². The summed E-state index contributed by atoms with van der Waals surface area (Å²) in [6, 6.07) is 1.93. The molecule has 0 saturated carbocycles. The quantitative estimate of drug-likeness (QED) is 0.614. The Morgan fingerprint density at radius 2 is 1.89 bits per heavy atom. The van der Waals surface area contributed by atoms with Gasteiger partial charge in [-0.25, -0.2) is 4.39 Å². The highest BCUT2D eigenvalue weighted by Gasteiger charge is 2.22. The minimum absolute atomic E-state index is 0.203. The highest BCUT2D eigenvalue weighted by molar-refractivity contribution is 9.10. The summed E-state index contributed by atoms with van der Waals surface area (Å²) in [5.74, 6) is 0.209. The highest BCUT2D eigenvalue weighted by atomic mass is 79.9. The van der Waals surface area contributed by atoms with Crippen molar-refractivity contribution >= 4 is 44.3 Å². The van der Waals surface area contributed by atoms with Crippen molar-refractivity contribution in [1.82, 2.24) is 14.9 Å². The Labute approximate surface area is 177 Å². The average Bonchev–Trinajstić information content (AvgIpc) is 2.73. The van der Waals surface area contributed by atoms with Crippen molar-refractivity contribution in [3.63, 3.8) is 0 Å². The van der Waals surface area contributed by atoms with Gasteiger partial charge in [-0.2, -0.15) is 9.97 Å². The SMILES string of the molecule is Fc1c(Br)c(Cl)cc2c(N3CCCCC3)nc(OCCN3CCOCC3)nc12. The number of morpholine rings is 1. The van der Waals surface area contributed by atoms with Gasteiger partial charge >= 0.3 is 6.01 Å². The van der Waals surface area contributed by atoms with E-state index < -0.39 is 5.82 Å². The summed E-state index contributed by atoms with van der Waals surface area (Å²) in [6.45, 7) is 6.24. The minimum atomic E-state index is -0.485. The van der Waals surface area contributed by atoms with Crippen LogP contribution in [-0.4, -0.2) is 67.4 Å². The van der Waals surface area contributed by atoms with E-state index >= 15 is 0 Å². The van der Waals surface area contributed by atoms with E-state index in [1.807, 2.05) is 0 Å². The third kappa shape index (κ3) is 4.35. The van der Waals surface area contributed by atoms with Gasteiger partial charge in [-0.3, -0.25) is 4.90 Å². The normalized spacial score (nSPS) is 18.6. The van der Waals surface area contributed by atoms with Gasteiger partial charge in [0.25, 0.3) is 0 Å². The average molecular weight is 474 g/mol. The number of benzene rings is 1. The molecule has 2 aliphatic rings. The van der Waals surface area contributed by atoms with Crippen molar-refractivity contribution in [3.05, 3.63) is 21.4 Å². The van der Waals surface area contributed by atoms with Crippen molar-refractivity contribution in [1.29, 1.82) is 0 Å². The molecular weight excluding hydrogens is 451 g/mol. The summed E-state index contributed by atoms with van der Waals surface area (Å²) in [5, 5.41) is 0.931. The molecule has 2 aromatic rings. The Morgan fingerprint density at radius 1 is 1.14 bits per heavy atom. The molecule has 0 bridgehead atoms. The van der Waals surface area contributed by atoms with Crippen LogP contribution >= 0.6 is 27.5 Å². The number of aromatic nitrogens is 2. The molecule has 2 aliphatic heterocycles. The first-order valence-corrected chi connectivity index (χ1v) is 10.8. The van der Waals surface area contributed by atoms with Gasteiger partial charge in [0.2, 0.25) is 0 Å². The van der Waals surface area contributed by atoms with E-state index in [0.29, 0.717) is 22.8 Å². The fraction of sp³-hybridized carbons (Fsp3) is 0.579. The number of piperidine rings is 1. The molecule has 1 aromatic carbocycles. The maximum absolute atomic E-state index is 14.9. The van der Waals surface area contributed by atoms with Gasteiger partial charge in [0.1, 0.15) is 17.9 Å². The zero-order valence-electron chi connectivity index (χ0n) is 15.6. The van der Waals surface area contributed by atoms with Gasteiger partial charge < -0.3 is 14.4 Å². The van der Waals surface area contributed by atoms with Crippen LogP contribution in [0.4, 0.5) is 10.2 Å². The summed E-state index contributed by atoms with van der Waals surface area (Å²) in [4.78, 5) is 13.4. The number of nitrogens with zero attached hydrogens (tertiary/aromatic N) is 4. The maximum atomic E-state index is 14.9. The molecule has 0 unspecified atom stereocenters. The summed E-state index contributed by atoms with van der Waals surface area (Å²) in [6.07, 6.45) is 3.38. The third-order valence-corrected chi connectivity index (χ3v) is 6.49. The first-order valence-electron chi connectivity index (χ1n) is 9.66. The molecule has 152 valence electrons. The molecule has 0 radical (unpaired) electrons. The van der Waals surface area contributed by atoms with E-state index in [9.17, 15) is 4.39 Å². The van der Waals surface area contributed by atoms with E-state index in [4.69, 9.17) is 21.1 Å². The molecule has 0 aliphatic carbocycles. The van der Waals surface area contributed by atoms with Crippen LogP contribution in [0.5, 0.6) is 6.01 Å². The molecule has 2 fully saturated rings. The summed E-state index contributed by atoms with van der Waals surface area (Å²) in [7, 11) is 0. The zero-order chi connectivity index (χ0) is 19.5. The Balaban J connectivity index is 1.62. The fourth-order valence-corrected chi connectivity index (χ4v) is 4.13. The third-order valence-electron chi connectivity index (χ3n) is 5.18. The van der Waals surface area contributed by atoms with E-state index in [1.165, 1.54) is 6.42 Å². The smallest absolute Gasteiger partial charge is 0.319 e. The summed E-state index contributed by atoms with van der Waals surface area (Å²) < 4.78 is 26.3. The van der Waals surface area contributed by atoms with Crippen LogP contribution in [-0.2, 0) is 4.74 Å². The van der Waals surface area contributed by atoms with Gasteiger partial charge in [-0.05, 0) is 41.3 Å². The van der Waals surface area contributed by atoms with Crippen molar-refractivity contribution in [3.8, 4) is 6.01 Å². The number of hydrogen-bond donors (Lipinski definition) is 0. The Morgan fingerprint density at radius 3 is 2.64 bits per heavy atom. The lowest BCUT2D eigenvalue weighted by Crippen LogP contribution is -2.38. The van der Waals surface area contributed by atoms with E-state index in [-0.39, 0.29) is 16.0 Å². The number of hydrogen-bond acceptors (Lipinski definition) is 6. The van der Waals surface area contributed by atoms with Crippen molar-refractivity contribution < 1.29 is 13.9 Å². The van der Waals surface area contributed by atoms with Crippen LogP contribution in [0.15, 0.2) is 10.5 Å². The van der Waals surface area contributed by atoms with Gasteiger partial charge in [0.15, 0.2) is 5.82 Å². The second-order valence-electron chi connectivity index (χ2n) is 7.06. The van der Waals surface area contributed by atoms with Crippen molar-refractivity contribution in [2.75, 3.05) is 57.4 Å². The van der Waals surface area contributed by atoms with Gasteiger partial charge in [0, 0.05) is 38.1 Å². The van der Waals surface area contributed by atoms with E-state index in [0.717, 1.165) is 58.8 Å². The molecule has 9 heteroatoms. The fourth-order valence-electron chi connectivity index (χ4n) is 3.64. The van der Waals surface area contributed by atoms with Crippen molar-refractivity contribution in [2.24, 2.45) is 0 Å². The maximum Gasteiger partial charge on any atom is 0.319 e. The molecule has 1 aromatic heterocycles. The summed E-state index contributed by atoms with van der Waals surface area (Å²) in [5.41, 5.74) is 0.230. The van der Waals surface area contributed by atoms with E-state index in [1.54, 1.807) is 6.07 Å². The topological polar surface area (TPSA) is 50.7 Å². The molecule has 4 rings (SSSR count). The number of rotatable bonds is 5. The van der Waals surface area contributed by atoms with Gasteiger partial charge in [0.05, 0.1) is 22.7 Å². The lowest BCUT2D eigenvalue weighted by Gasteiger charge is -2.29. The molecule has 2 saturated heterocycles. The van der Waals surface area contributed by atoms with Crippen LogP contribution in [0.2, 0.25) is 5.02 Å². The Hall–Kier alpha value is -1.22. The number of halogens is 3. The van der Waals surface area contributed by atoms with E-state index in [2.05, 4.69) is 35.7 Å². The molecule has 0 spiro atoms. The van der Waals surface area contributed by atoms with Gasteiger partial charge in [-0.1, -0.05) is 11.6 Å². The molecule has 0 N–H and O–H groups in total. The molecule has 0 atom stereocenters. The van der Waals surface area contributed by atoms with Crippen LogP contribution in [0, 0.1) is 5.82 Å². The first kappa shape index (κ1) is 20.1. The molecular formula is C19H23BrClFN4O2. The van der Waals surface area contributed by atoms with Crippen LogP contribution in [0.25, 0.3) is 10.9 Å². The predicted octanol–water partition coefficient (Wildman–Crippen LogP) is 3.89. The lowest BCUT2D eigenvalue weighted by molar-refractivity contribution is 0.0317. The Kier molecular flexibility index (Phi) is 6.50. The summed E-state index contributed by atoms with van der Waals surface area (Å²) >= 11 is 9.42.